The Morgan fingerprint density at radius 2 is 1.95 bits per heavy atom. The number of benzene rings is 1. The Hall–Kier alpha value is -1.63. The summed E-state index contributed by atoms with van der Waals surface area (Å²) in [5.41, 5.74) is 0.549. The van der Waals surface area contributed by atoms with Crippen molar-refractivity contribution in [3.8, 4) is 5.75 Å². The van der Waals surface area contributed by atoms with Crippen LogP contribution in [0.3, 0.4) is 0 Å². The van der Waals surface area contributed by atoms with Crippen LogP contribution in [0.15, 0.2) is 24.3 Å². The molecule has 4 atom stereocenters. The van der Waals surface area contributed by atoms with Crippen LogP contribution in [0, 0.1) is 0 Å². The van der Waals surface area contributed by atoms with Gasteiger partial charge in [-0.15, -0.1) is 0 Å². The van der Waals surface area contributed by atoms with Crippen molar-refractivity contribution >= 4 is 5.91 Å². The molecule has 0 aliphatic carbocycles. The SMILES string of the molecule is COc1ccc(C(=O)NC2COC3C(O)COC23)cc1. The fraction of sp³-hybridized carbons (Fsp3) is 0.500. The molecule has 3 rings (SSSR count). The summed E-state index contributed by atoms with van der Waals surface area (Å²) in [5, 5.41) is 12.5. The van der Waals surface area contributed by atoms with Gasteiger partial charge in [0.05, 0.1) is 26.4 Å². The second-order valence-corrected chi connectivity index (χ2v) is 4.97. The first-order chi connectivity index (χ1) is 9.69. The Bertz CT molecular complexity index is 489. The second kappa shape index (κ2) is 5.40. The lowest BCUT2D eigenvalue weighted by Crippen LogP contribution is -2.44. The third-order valence-corrected chi connectivity index (χ3v) is 3.70. The molecule has 1 aromatic carbocycles. The van der Waals surface area contributed by atoms with E-state index in [2.05, 4.69) is 5.32 Å². The van der Waals surface area contributed by atoms with Gasteiger partial charge in [-0.25, -0.2) is 0 Å². The molecule has 1 amide bonds. The van der Waals surface area contributed by atoms with Gasteiger partial charge in [0, 0.05) is 5.56 Å². The zero-order valence-corrected chi connectivity index (χ0v) is 11.1. The fourth-order valence-electron chi connectivity index (χ4n) is 2.60. The lowest BCUT2D eigenvalue weighted by molar-refractivity contribution is 0.0178. The second-order valence-electron chi connectivity index (χ2n) is 4.97. The van der Waals surface area contributed by atoms with Crippen molar-refractivity contribution in [1.82, 2.24) is 5.32 Å². The molecule has 1 aromatic rings. The van der Waals surface area contributed by atoms with Gasteiger partial charge in [-0.05, 0) is 24.3 Å². The van der Waals surface area contributed by atoms with Crippen LogP contribution in [0.2, 0.25) is 0 Å². The molecule has 20 heavy (non-hydrogen) atoms. The van der Waals surface area contributed by atoms with Gasteiger partial charge in [0.25, 0.3) is 5.91 Å². The Kier molecular flexibility index (Phi) is 3.60. The van der Waals surface area contributed by atoms with Crippen LogP contribution in [0.4, 0.5) is 0 Å². The summed E-state index contributed by atoms with van der Waals surface area (Å²) in [6.45, 7) is 0.610. The van der Waals surface area contributed by atoms with E-state index < -0.39 is 6.10 Å². The van der Waals surface area contributed by atoms with Gasteiger partial charge in [0.15, 0.2) is 0 Å². The molecule has 2 aliphatic rings. The van der Waals surface area contributed by atoms with Gasteiger partial charge in [0.1, 0.15) is 24.1 Å². The van der Waals surface area contributed by atoms with E-state index in [4.69, 9.17) is 14.2 Å². The molecule has 6 heteroatoms. The number of hydrogen-bond acceptors (Lipinski definition) is 5. The van der Waals surface area contributed by atoms with Crippen LogP contribution in [-0.4, -0.2) is 55.7 Å². The van der Waals surface area contributed by atoms with Crippen molar-refractivity contribution in [2.24, 2.45) is 0 Å². The number of nitrogens with one attached hydrogen (secondary N) is 1. The standard InChI is InChI=1S/C14H17NO5/c1-18-9-4-2-8(3-5-9)14(17)15-10-6-19-13-11(16)7-20-12(10)13/h2-5,10-13,16H,6-7H2,1H3,(H,15,17). The van der Waals surface area contributed by atoms with E-state index >= 15 is 0 Å². The maximum absolute atomic E-state index is 12.1. The van der Waals surface area contributed by atoms with Gasteiger partial charge in [0.2, 0.25) is 0 Å². The van der Waals surface area contributed by atoms with Gasteiger partial charge in [-0.2, -0.15) is 0 Å². The van der Waals surface area contributed by atoms with Crippen LogP contribution in [0.25, 0.3) is 0 Å². The lowest BCUT2D eigenvalue weighted by Gasteiger charge is -2.17. The Morgan fingerprint density at radius 1 is 1.25 bits per heavy atom. The molecule has 2 fully saturated rings. The summed E-state index contributed by atoms with van der Waals surface area (Å²) in [4.78, 5) is 12.1. The number of rotatable bonds is 3. The molecule has 2 N–H and O–H groups in total. The molecule has 2 saturated heterocycles. The van der Waals surface area contributed by atoms with E-state index in [0.29, 0.717) is 17.9 Å². The number of aliphatic hydroxyl groups is 1. The average molecular weight is 279 g/mol. The van der Waals surface area contributed by atoms with E-state index in [1.165, 1.54) is 0 Å². The average Bonchev–Trinajstić information content (AvgIpc) is 3.03. The largest absolute Gasteiger partial charge is 0.497 e. The first-order valence-electron chi connectivity index (χ1n) is 6.55. The van der Waals surface area contributed by atoms with Gasteiger partial charge in [-0.3, -0.25) is 4.79 Å². The predicted molar refractivity (Wildman–Crippen MR) is 69.7 cm³/mol. The van der Waals surface area contributed by atoms with Crippen molar-refractivity contribution in [3.05, 3.63) is 29.8 Å². The Labute approximate surface area is 116 Å². The third-order valence-electron chi connectivity index (χ3n) is 3.70. The van der Waals surface area contributed by atoms with Crippen LogP contribution >= 0.6 is 0 Å². The maximum Gasteiger partial charge on any atom is 0.251 e. The zero-order valence-electron chi connectivity index (χ0n) is 11.1. The van der Waals surface area contributed by atoms with Crippen molar-refractivity contribution in [2.45, 2.75) is 24.4 Å². The molecule has 0 bridgehead atoms. The van der Waals surface area contributed by atoms with Crippen LogP contribution < -0.4 is 10.1 Å². The van der Waals surface area contributed by atoms with Crippen molar-refractivity contribution < 1.29 is 24.1 Å². The molecule has 6 nitrogen and oxygen atoms in total. The molecule has 0 aromatic heterocycles. The predicted octanol–water partition coefficient (Wildman–Crippen LogP) is -0.0479. The quantitative estimate of drug-likeness (QED) is 0.811. The van der Waals surface area contributed by atoms with E-state index in [1.807, 2.05) is 0 Å². The minimum absolute atomic E-state index is 0.188. The highest BCUT2D eigenvalue weighted by Crippen LogP contribution is 2.27. The van der Waals surface area contributed by atoms with Gasteiger partial charge >= 0.3 is 0 Å². The topological polar surface area (TPSA) is 77.0 Å². The summed E-state index contributed by atoms with van der Waals surface area (Å²) in [6.07, 6.45) is -1.22. The number of ether oxygens (including phenoxy) is 3. The minimum atomic E-state index is -0.608. The molecule has 4 unspecified atom stereocenters. The van der Waals surface area contributed by atoms with Crippen LogP contribution in [0.5, 0.6) is 5.75 Å². The molecule has 0 saturated carbocycles. The Balaban J connectivity index is 1.64. The van der Waals surface area contributed by atoms with E-state index in [1.54, 1.807) is 31.4 Å². The highest BCUT2D eigenvalue weighted by atomic mass is 16.6. The van der Waals surface area contributed by atoms with Gasteiger partial charge in [-0.1, -0.05) is 0 Å². The highest BCUT2D eigenvalue weighted by molar-refractivity contribution is 5.94. The number of fused-ring (bicyclic) bond motifs is 1. The first-order valence-corrected chi connectivity index (χ1v) is 6.55. The lowest BCUT2D eigenvalue weighted by atomic mass is 10.1. The highest BCUT2D eigenvalue weighted by Gasteiger charge is 2.47. The number of carbonyl (C=O) groups excluding carboxylic acids is 1. The van der Waals surface area contributed by atoms with E-state index in [-0.39, 0.29) is 30.8 Å². The number of carbonyl (C=O) groups is 1. The zero-order chi connectivity index (χ0) is 14.1. The monoisotopic (exact) mass is 279 g/mol. The molecule has 2 heterocycles. The number of methoxy groups -OCH3 is 1. The van der Waals surface area contributed by atoms with Crippen molar-refractivity contribution in [1.29, 1.82) is 0 Å². The summed E-state index contributed by atoms with van der Waals surface area (Å²) in [7, 11) is 1.58. The first kappa shape index (κ1) is 13.4. The number of aliphatic hydroxyl groups excluding tert-OH is 1. The summed E-state index contributed by atoms with van der Waals surface area (Å²) in [6, 6.07) is 6.64. The molecule has 108 valence electrons. The van der Waals surface area contributed by atoms with Crippen molar-refractivity contribution in [2.75, 3.05) is 20.3 Å². The normalized spacial score (nSPS) is 31.9. The van der Waals surface area contributed by atoms with Gasteiger partial charge < -0.3 is 24.6 Å². The summed E-state index contributed by atoms with van der Waals surface area (Å²) < 4.78 is 16.0. The fourth-order valence-corrected chi connectivity index (χ4v) is 2.60. The molecule has 0 spiro atoms. The maximum atomic E-state index is 12.1. The molecule has 0 radical (unpaired) electrons. The third kappa shape index (κ3) is 2.37. The smallest absolute Gasteiger partial charge is 0.251 e. The number of hydrogen-bond donors (Lipinski definition) is 2. The Morgan fingerprint density at radius 3 is 2.65 bits per heavy atom. The van der Waals surface area contributed by atoms with Crippen LogP contribution in [0.1, 0.15) is 10.4 Å². The van der Waals surface area contributed by atoms with E-state index in [9.17, 15) is 9.90 Å². The minimum Gasteiger partial charge on any atom is -0.497 e. The summed E-state index contributed by atoms with van der Waals surface area (Å²) in [5.74, 6) is 0.514. The van der Waals surface area contributed by atoms with Crippen molar-refractivity contribution in [3.63, 3.8) is 0 Å². The van der Waals surface area contributed by atoms with E-state index in [0.717, 1.165) is 0 Å². The number of amides is 1. The summed E-state index contributed by atoms with van der Waals surface area (Å²) >= 11 is 0. The molecular weight excluding hydrogens is 262 g/mol. The van der Waals surface area contributed by atoms with Crippen LogP contribution in [-0.2, 0) is 9.47 Å². The molecular formula is C14H17NO5. The molecule has 2 aliphatic heterocycles.